The van der Waals surface area contributed by atoms with Crippen molar-refractivity contribution in [3.05, 3.63) is 29.8 Å². The molecule has 142 valence electrons. The fourth-order valence-electron chi connectivity index (χ4n) is 4.03. The van der Waals surface area contributed by atoms with Crippen molar-refractivity contribution in [1.29, 1.82) is 0 Å². The van der Waals surface area contributed by atoms with Crippen molar-refractivity contribution in [3.8, 4) is 5.75 Å². The number of piperazine rings is 1. The number of rotatable bonds is 3. The average Bonchev–Trinajstić information content (AvgIpc) is 2.67. The zero-order chi connectivity index (χ0) is 18.7. The molecule has 0 aromatic heterocycles. The van der Waals surface area contributed by atoms with Gasteiger partial charge in [-0.1, -0.05) is 12.8 Å². The highest BCUT2D eigenvalue weighted by molar-refractivity contribution is 5.94. The lowest BCUT2D eigenvalue weighted by atomic mass is 9.74. The molecule has 1 saturated carbocycles. The molecule has 2 fully saturated rings. The highest BCUT2D eigenvalue weighted by Gasteiger charge is 2.40. The van der Waals surface area contributed by atoms with E-state index in [-0.39, 0.29) is 17.7 Å². The van der Waals surface area contributed by atoms with Gasteiger partial charge in [-0.2, -0.15) is 0 Å². The van der Waals surface area contributed by atoms with E-state index in [0.717, 1.165) is 31.4 Å². The molecule has 2 N–H and O–H groups in total. The van der Waals surface area contributed by atoms with E-state index in [2.05, 4.69) is 0 Å². The number of carbonyl (C=O) groups excluding carboxylic acids is 2. The second-order valence-electron chi connectivity index (χ2n) is 7.65. The molecule has 2 aliphatic rings. The minimum absolute atomic E-state index is 0.00100. The summed E-state index contributed by atoms with van der Waals surface area (Å²) in [7, 11) is 1.60. The van der Waals surface area contributed by atoms with Crippen LogP contribution in [0.3, 0.4) is 0 Å². The Kier molecular flexibility index (Phi) is 5.51. The van der Waals surface area contributed by atoms with E-state index in [1.807, 2.05) is 16.7 Å². The maximum absolute atomic E-state index is 12.9. The number of nitrogens with zero attached hydrogens (tertiary/aromatic N) is 2. The first-order valence-corrected chi connectivity index (χ1v) is 9.43. The van der Waals surface area contributed by atoms with Crippen LogP contribution >= 0.6 is 0 Å². The normalized spacial score (nSPS) is 26.5. The number of amides is 2. The lowest BCUT2D eigenvalue weighted by Gasteiger charge is -2.42. The number of ether oxygens (including phenoxy) is 1. The van der Waals surface area contributed by atoms with Gasteiger partial charge in [0.1, 0.15) is 5.75 Å². The first-order chi connectivity index (χ1) is 12.4. The van der Waals surface area contributed by atoms with Gasteiger partial charge in [0.2, 0.25) is 5.91 Å². The van der Waals surface area contributed by atoms with Gasteiger partial charge in [0.05, 0.1) is 13.0 Å². The highest BCUT2D eigenvalue weighted by Crippen LogP contribution is 2.33. The van der Waals surface area contributed by atoms with Crippen LogP contribution in [0.1, 0.15) is 43.0 Å². The van der Waals surface area contributed by atoms with E-state index in [1.165, 1.54) is 0 Å². The molecular weight excluding hydrogens is 330 g/mol. The minimum Gasteiger partial charge on any atom is -0.497 e. The van der Waals surface area contributed by atoms with Gasteiger partial charge in [-0.25, -0.2) is 0 Å². The monoisotopic (exact) mass is 359 g/mol. The number of hydrogen-bond donors (Lipinski definition) is 1. The van der Waals surface area contributed by atoms with Gasteiger partial charge in [-0.05, 0) is 44.0 Å². The first kappa shape index (κ1) is 18.7. The van der Waals surface area contributed by atoms with Gasteiger partial charge in [0.15, 0.2) is 0 Å². The van der Waals surface area contributed by atoms with Crippen LogP contribution in [0, 0.1) is 5.92 Å². The smallest absolute Gasteiger partial charge is 0.253 e. The fourth-order valence-corrected chi connectivity index (χ4v) is 4.03. The first-order valence-electron chi connectivity index (χ1n) is 9.43. The lowest BCUT2D eigenvalue weighted by Crippen LogP contribution is -2.57. The number of hydrogen-bond acceptors (Lipinski definition) is 4. The molecule has 2 unspecified atom stereocenters. The zero-order valence-electron chi connectivity index (χ0n) is 15.7. The lowest BCUT2D eigenvalue weighted by molar-refractivity contribution is -0.140. The standard InChI is InChI=1S/C20H29N3O3/c1-20(21)10-4-3-5-17(20)19(25)23-13-11-22(12-14-23)18(24)15-6-8-16(26-2)9-7-15/h6-9,17H,3-5,10-14,21H2,1-2H3. The Morgan fingerprint density at radius 1 is 1.08 bits per heavy atom. The van der Waals surface area contributed by atoms with Crippen molar-refractivity contribution >= 4 is 11.8 Å². The number of benzene rings is 1. The van der Waals surface area contributed by atoms with Crippen LogP contribution in [0.25, 0.3) is 0 Å². The molecule has 1 aromatic carbocycles. The highest BCUT2D eigenvalue weighted by atomic mass is 16.5. The van der Waals surface area contributed by atoms with Crippen molar-refractivity contribution in [1.82, 2.24) is 9.80 Å². The summed E-state index contributed by atoms with van der Waals surface area (Å²) < 4.78 is 5.13. The molecule has 2 atom stereocenters. The molecule has 26 heavy (non-hydrogen) atoms. The number of nitrogens with two attached hydrogens (primary N) is 1. The SMILES string of the molecule is COc1ccc(C(=O)N2CCN(C(=O)C3CCCCC3(C)N)CC2)cc1. The van der Waals surface area contributed by atoms with Gasteiger partial charge >= 0.3 is 0 Å². The van der Waals surface area contributed by atoms with Crippen LogP contribution in [0.2, 0.25) is 0 Å². The molecule has 2 amide bonds. The van der Waals surface area contributed by atoms with E-state index in [1.54, 1.807) is 31.4 Å². The Bertz CT molecular complexity index is 649. The summed E-state index contributed by atoms with van der Waals surface area (Å²) >= 11 is 0. The van der Waals surface area contributed by atoms with Crippen LogP contribution in [-0.2, 0) is 4.79 Å². The van der Waals surface area contributed by atoms with Crippen LogP contribution in [0.4, 0.5) is 0 Å². The molecule has 6 nitrogen and oxygen atoms in total. The molecule has 1 aliphatic heterocycles. The molecule has 1 heterocycles. The van der Waals surface area contributed by atoms with Crippen LogP contribution < -0.4 is 10.5 Å². The van der Waals surface area contributed by atoms with E-state index >= 15 is 0 Å². The topological polar surface area (TPSA) is 75.9 Å². The molecule has 6 heteroatoms. The average molecular weight is 359 g/mol. The molecule has 0 radical (unpaired) electrons. The van der Waals surface area contributed by atoms with E-state index in [4.69, 9.17) is 10.5 Å². The second-order valence-corrected chi connectivity index (χ2v) is 7.65. The van der Waals surface area contributed by atoms with E-state index in [0.29, 0.717) is 31.7 Å². The third-order valence-electron chi connectivity index (χ3n) is 5.77. The molecule has 1 aliphatic carbocycles. The summed E-state index contributed by atoms with van der Waals surface area (Å²) in [5.74, 6) is 0.793. The van der Waals surface area contributed by atoms with Gasteiger partial charge in [-0.15, -0.1) is 0 Å². The maximum atomic E-state index is 12.9. The third kappa shape index (κ3) is 3.85. The van der Waals surface area contributed by atoms with E-state index in [9.17, 15) is 9.59 Å². The van der Waals surface area contributed by atoms with Crippen molar-refractivity contribution in [3.63, 3.8) is 0 Å². The molecule has 0 bridgehead atoms. The second kappa shape index (κ2) is 7.66. The molecule has 1 saturated heterocycles. The number of methoxy groups -OCH3 is 1. The summed E-state index contributed by atoms with van der Waals surface area (Å²) in [6, 6.07) is 7.14. The van der Waals surface area contributed by atoms with Crippen LogP contribution in [-0.4, -0.2) is 60.4 Å². The zero-order valence-corrected chi connectivity index (χ0v) is 15.7. The van der Waals surface area contributed by atoms with Crippen molar-refractivity contribution < 1.29 is 14.3 Å². The number of carbonyl (C=O) groups is 2. The van der Waals surface area contributed by atoms with Crippen molar-refractivity contribution in [2.24, 2.45) is 11.7 Å². The Morgan fingerprint density at radius 3 is 2.27 bits per heavy atom. The summed E-state index contributed by atoms with van der Waals surface area (Å²) in [5, 5.41) is 0. The fraction of sp³-hybridized carbons (Fsp3) is 0.600. The Morgan fingerprint density at radius 2 is 1.69 bits per heavy atom. The van der Waals surface area contributed by atoms with E-state index < -0.39 is 5.54 Å². The predicted molar refractivity (Wildman–Crippen MR) is 100 cm³/mol. The molecule has 1 aromatic rings. The summed E-state index contributed by atoms with van der Waals surface area (Å²) in [5.41, 5.74) is 6.62. The minimum atomic E-state index is -0.411. The quantitative estimate of drug-likeness (QED) is 0.894. The van der Waals surface area contributed by atoms with Gasteiger partial charge in [-0.3, -0.25) is 9.59 Å². The van der Waals surface area contributed by atoms with Crippen LogP contribution in [0.15, 0.2) is 24.3 Å². The molecule has 3 rings (SSSR count). The summed E-state index contributed by atoms with van der Waals surface area (Å²) in [6.45, 7) is 4.27. The Balaban J connectivity index is 1.58. The molecular formula is C20H29N3O3. The van der Waals surface area contributed by atoms with Crippen molar-refractivity contribution in [2.45, 2.75) is 38.1 Å². The Hall–Kier alpha value is -2.08. The van der Waals surface area contributed by atoms with Gasteiger partial charge in [0, 0.05) is 37.3 Å². The summed E-state index contributed by atoms with van der Waals surface area (Å²) in [4.78, 5) is 29.3. The third-order valence-corrected chi connectivity index (χ3v) is 5.77. The Labute approximate surface area is 155 Å². The molecule has 0 spiro atoms. The van der Waals surface area contributed by atoms with Gasteiger partial charge < -0.3 is 20.3 Å². The summed E-state index contributed by atoms with van der Waals surface area (Å²) in [6.07, 6.45) is 3.94. The predicted octanol–water partition coefficient (Wildman–Crippen LogP) is 1.89. The largest absolute Gasteiger partial charge is 0.497 e. The van der Waals surface area contributed by atoms with Crippen molar-refractivity contribution in [2.75, 3.05) is 33.3 Å². The maximum Gasteiger partial charge on any atom is 0.253 e. The van der Waals surface area contributed by atoms with Crippen LogP contribution in [0.5, 0.6) is 5.75 Å². The van der Waals surface area contributed by atoms with Gasteiger partial charge in [0.25, 0.3) is 5.91 Å².